The molecule has 0 radical (unpaired) electrons. The highest BCUT2D eigenvalue weighted by Gasteiger charge is 2.43. The van der Waals surface area contributed by atoms with Crippen molar-refractivity contribution in [3.8, 4) is 5.75 Å². The molecule has 2 aliphatic heterocycles. The van der Waals surface area contributed by atoms with Gasteiger partial charge in [-0.15, -0.1) is 0 Å². The molecule has 1 aromatic carbocycles. The number of nitrogens with one attached hydrogen (secondary N) is 1. The van der Waals surface area contributed by atoms with Crippen LogP contribution >= 0.6 is 0 Å². The summed E-state index contributed by atoms with van der Waals surface area (Å²) in [4.78, 5) is 40.2. The molecule has 0 bridgehead atoms. The van der Waals surface area contributed by atoms with Crippen molar-refractivity contribution < 1.29 is 19.1 Å². The summed E-state index contributed by atoms with van der Waals surface area (Å²) in [5, 5.41) is 2.66. The Morgan fingerprint density at radius 1 is 1.26 bits per heavy atom. The number of fused-ring (bicyclic) bond motifs is 1. The molecule has 0 saturated carbocycles. The highest BCUT2D eigenvalue weighted by molar-refractivity contribution is 6.00. The lowest BCUT2D eigenvalue weighted by Crippen LogP contribution is -2.69. The number of hydrogen-bond donors (Lipinski definition) is 1. The van der Waals surface area contributed by atoms with Gasteiger partial charge in [-0.2, -0.15) is 0 Å². The molecular weight excluding hydrogens is 298 g/mol. The summed E-state index contributed by atoms with van der Waals surface area (Å²) in [6, 6.07) is 5.86. The zero-order valence-electron chi connectivity index (χ0n) is 13.1. The molecule has 23 heavy (non-hydrogen) atoms. The summed E-state index contributed by atoms with van der Waals surface area (Å²) in [6.07, 6.45) is 0. The molecule has 0 spiro atoms. The minimum Gasteiger partial charge on any atom is -0.496 e. The number of nitrogens with zero attached hydrogens (tertiary/aromatic N) is 2. The predicted octanol–water partition coefficient (Wildman–Crippen LogP) is -0.133. The fourth-order valence-corrected chi connectivity index (χ4v) is 3.07. The Morgan fingerprint density at radius 2 is 2.00 bits per heavy atom. The lowest BCUT2D eigenvalue weighted by Gasteiger charge is -2.44. The summed E-state index contributed by atoms with van der Waals surface area (Å²) in [7, 11) is 1.51. The van der Waals surface area contributed by atoms with Gasteiger partial charge in [-0.1, -0.05) is 12.1 Å². The molecule has 2 fully saturated rings. The van der Waals surface area contributed by atoms with Crippen LogP contribution in [0.25, 0.3) is 0 Å². The van der Waals surface area contributed by atoms with Crippen molar-refractivity contribution in [1.82, 2.24) is 15.1 Å². The molecule has 1 aromatic rings. The van der Waals surface area contributed by atoms with Gasteiger partial charge in [0.2, 0.25) is 11.8 Å². The van der Waals surface area contributed by atoms with Gasteiger partial charge in [-0.25, -0.2) is 0 Å². The first kappa shape index (κ1) is 15.3. The van der Waals surface area contributed by atoms with Crippen LogP contribution in [0.1, 0.15) is 17.3 Å². The van der Waals surface area contributed by atoms with E-state index in [1.54, 1.807) is 41.0 Å². The topological polar surface area (TPSA) is 79.0 Å². The summed E-state index contributed by atoms with van der Waals surface area (Å²) in [6.45, 7) is 2.63. The van der Waals surface area contributed by atoms with Crippen LogP contribution in [0.5, 0.6) is 5.75 Å². The smallest absolute Gasteiger partial charge is 0.257 e. The van der Waals surface area contributed by atoms with E-state index in [9.17, 15) is 14.4 Å². The van der Waals surface area contributed by atoms with E-state index in [2.05, 4.69) is 5.32 Å². The van der Waals surface area contributed by atoms with Crippen LogP contribution in [-0.2, 0) is 9.59 Å². The second-order valence-corrected chi connectivity index (χ2v) is 5.73. The minimum absolute atomic E-state index is 0.0982. The Hall–Kier alpha value is -2.57. The van der Waals surface area contributed by atoms with E-state index < -0.39 is 12.1 Å². The first-order valence-corrected chi connectivity index (χ1v) is 7.56. The Bertz CT molecular complexity index is 660. The SMILES string of the molecule is COc1ccccc1C(=O)N1CCN2C(=O)[C@H](C)NC(=O)[C@H]2C1. The maximum atomic E-state index is 12.7. The van der Waals surface area contributed by atoms with E-state index in [1.165, 1.54) is 7.11 Å². The predicted molar refractivity (Wildman–Crippen MR) is 82.0 cm³/mol. The number of carbonyl (C=O) groups is 3. The average molecular weight is 317 g/mol. The van der Waals surface area contributed by atoms with Gasteiger partial charge in [0.1, 0.15) is 17.8 Å². The van der Waals surface area contributed by atoms with Crippen LogP contribution in [0.3, 0.4) is 0 Å². The Balaban J connectivity index is 1.80. The van der Waals surface area contributed by atoms with E-state index in [-0.39, 0.29) is 24.3 Å². The second-order valence-electron chi connectivity index (χ2n) is 5.73. The second kappa shape index (κ2) is 5.91. The number of ether oxygens (including phenoxy) is 1. The third-order valence-corrected chi connectivity index (χ3v) is 4.32. The largest absolute Gasteiger partial charge is 0.496 e. The highest BCUT2D eigenvalue weighted by Crippen LogP contribution is 2.22. The quantitative estimate of drug-likeness (QED) is 0.824. The van der Waals surface area contributed by atoms with Gasteiger partial charge >= 0.3 is 0 Å². The van der Waals surface area contributed by atoms with E-state index in [4.69, 9.17) is 4.74 Å². The highest BCUT2D eigenvalue weighted by atomic mass is 16.5. The number of amides is 3. The maximum absolute atomic E-state index is 12.7. The molecule has 7 nitrogen and oxygen atoms in total. The summed E-state index contributed by atoms with van der Waals surface area (Å²) in [5.41, 5.74) is 0.458. The number of piperazine rings is 2. The summed E-state index contributed by atoms with van der Waals surface area (Å²) >= 11 is 0. The van der Waals surface area contributed by atoms with Gasteiger partial charge in [-0.3, -0.25) is 14.4 Å². The number of carbonyl (C=O) groups excluding carboxylic acids is 3. The molecule has 2 atom stereocenters. The molecule has 2 saturated heterocycles. The van der Waals surface area contributed by atoms with E-state index in [1.807, 2.05) is 0 Å². The number of benzene rings is 1. The fraction of sp³-hybridized carbons (Fsp3) is 0.438. The van der Waals surface area contributed by atoms with E-state index in [0.717, 1.165) is 0 Å². The van der Waals surface area contributed by atoms with Gasteiger partial charge < -0.3 is 19.9 Å². The molecule has 7 heteroatoms. The fourth-order valence-electron chi connectivity index (χ4n) is 3.07. The molecule has 1 N–H and O–H groups in total. The maximum Gasteiger partial charge on any atom is 0.257 e. The number of methoxy groups -OCH3 is 1. The minimum atomic E-state index is -0.619. The van der Waals surface area contributed by atoms with Crippen molar-refractivity contribution in [3.63, 3.8) is 0 Å². The third kappa shape index (κ3) is 2.62. The first-order chi connectivity index (χ1) is 11.0. The Morgan fingerprint density at radius 3 is 2.74 bits per heavy atom. The van der Waals surface area contributed by atoms with Crippen molar-refractivity contribution in [2.45, 2.75) is 19.0 Å². The monoisotopic (exact) mass is 317 g/mol. The first-order valence-electron chi connectivity index (χ1n) is 7.56. The molecule has 2 heterocycles. The number of rotatable bonds is 2. The molecule has 2 aliphatic rings. The molecule has 0 unspecified atom stereocenters. The van der Waals surface area contributed by atoms with Crippen LogP contribution in [0.2, 0.25) is 0 Å². The van der Waals surface area contributed by atoms with Gasteiger partial charge in [-0.05, 0) is 19.1 Å². The molecule has 0 aromatic heterocycles. The van der Waals surface area contributed by atoms with Gasteiger partial charge in [0.25, 0.3) is 5.91 Å². The zero-order chi connectivity index (χ0) is 16.6. The van der Waals surface area contributed by atoms with Crippen molar-refractivity contribution in [3.05, 3.63) is 29.8 Å². The van der Waals surface area contributed by atoms with Crippen molar-refractivity contribution in [1.29, 1.82) is 0 Å². The third-order valence-electron chi connectivity index (χ3n) is 4.32. The average Bonchev–Trinajstić information content (AvgIpc) is 2.58. The van der Waals surface area contributed by atoms with Crippen molar-refractivity contribution in [2.75, 3.05) is 26.7 Å². The van der Waals surface area contributed by atoms with Crippen LogP contribution in [0.15, 0.2) is 24.3 Å². The lowest BCUT2D eigenvalue weighted by molar-refractivity contribution is -0.151. The Kier molecular flexibility index (Phi) is 3.94. The van der Waals surface area contributed by atoms with Crippen molar-refractivity contribution >= 4 is 17.7 Å². The van der Waals surface area contributed by atoms with Crippen LogP contribution < -0.4 is 10.1 Å². The summed E-state index contributed by atoms with van der Waals surface area (Å²) in [5.74, 6) is -0.00712. The zero-order valence-corrected chi connectivity index (χ0v) is 13.1. The number of hydrogen-bond acceptors (Lipinski definition) is 4. The van der Waals surface area contributed by atoms with Crippen LogP contribution in [0, 0.1) is 0 Å². The molecular formula is C16H19N3O4. The molecule has 3 rings (SSSR count). The van der Waals surface area contributed by atoms with Crippen molar-refractivity contribution in [2.24, 2.45) is 0 Å². The summed E-state index contributed by atoms with van der Waals surface area (Å²) < 4.78 is 5.22. The van der Waals surface area contributed by atoms with Crippen LogP contribution in [0.4, 0.5) is 0 Å². The normalized spacial score (nSPS) is 24.1. The van der Waals surface area contributed by atoms with E-state index in [0.29, 0.717) is 24.4 Å². The van der Waals surface area contributed by atoms with Gasteiger partial charge in [0, 0.05) is 13.1 Å². The Labute approximate surface area is 134 Å². The standard InChI is InChI=1S/C16H19N3O4/c1-10-15(21)19-8-7-18(9-12(19)14(20)17-10)16(22)11-5-3-4-6-13(11)23-2/h3-6,10,12H,7-9H2,1-2H3,(H,17,20)/t10-,12+/m0/s1. The molecule has 0 aliphatic carbocycles. The van der Waals surface area contributed by atoms with Crippen LogP contribution in [-0.4, -0.2) is 66.3 Å². The molecule has 122 valence electrons. The van der Waals surface area contributed by atoms with E-state index >= 15 is 0 Å². The number of para-hydroxylation sites is 1. The molecule has 3 amide bonds. The lowest BCUT2D eigenvalue weighted by atomic mass is 10.0. The van der Waals surface area contributed by atoms with Gasteiger partial charge in [0.05, 0.1) is 19.2 Å². The van der Waals surface area contributed by atoms with Gasteiger partial charge in [0.15, 0.2) is 0 Å².